The Hall–Kier alpha value is -0.0800. The van der Waals surface area contributed by atoms with Gasteiger partial charge in [-0.25, -0.2) is 0 Å². The molecule has 0 aromatic rings. The largest absolute Gasteiger partial charge is 0.377 e. The van der Waals surface area contributed by atoms with Crippen molar-refractivity contribution < 1.29 is 4.74 Å². The molecular weight excluding hydrogens is 114 g/mol. The molecule has 1 rings (SSSR count). The molecule has 1 saturated heterocycles. The summed E-state index contributed by atoms with van der Waals surface area (Å²) >= 11 is 0. The Morgan fingerprint density at radius 3 is 2.33 bits per heavy atom. The first-order valence-corrected chi connectivity index (χ1v) is 3.50. The van der Waals surface area contributed by atoms with Gasteiger partial charge in [-0.2, -0.15) is 0 Å². The van der Waals surface area contributed by atoms with Crippen LogP contribution in [0, 0.1) is 0 Å². The van der Waals surface area contributed by atoms with Crippen molar-refractivity contribution in [2.75, 3.05) is 20.7 Å². The predicted octanol–water partition coefficient (Wildman–Crippen LogP) is 0.725. The van der Waals surface area contributed by atoms with Crippen molar-refractivity contribution >= 4 is 0 Å². The summed E-state index contributed by atoms with van der Waals surface area (Å²) < 4.78 is 5.39. The minimum absolute atomic E-state index is 0.431. The van der Waals surface area contributed by atoms with Crippen molar-refractivity contribution in [2.24, 2.45) is 0 Å². The maximum absolute atomic E-state index is 5.39. The van der Waals surface area contributed by atoms with Gasteiger partial charge in [0.15, 0.2) is 0 Å². The fourth-order valence-electron chi connectivity index (χ4n) is 1.40. The zero-order valence-electron chi connectivity index (χ0n) is 6.42. The molecule has 0 amide bonds. The third kappa shape index (κ3) is 1.43. The van der Waals surface area contributed by atoms with Gasteiger partial charge in [0, 0.05) is 12.6 Å². The van der Waals surface area contributed by atoms with Gasteiger partial charge in [-0.15, -0.1) is 0 Å². The quantitative estimate of drug-likeness (QED) is 0.517. The second-order valence-corrected chi connectivity index (χ2v) is 2.90. The third-order valence-electron chi connectivity index (χ3n) is 2.00. The second kappa shape index (κ2) is 2.67. The molecule has 0 N–H and O–H groups in total. The molecule has 1 aliphatic heterocycles. The number of hydrogen-bond acceptors (Lipinski definition) is 2. The molecule has 2 atom stereocenters. The zero-order valence-corrected chi connectivity index (χ0v) is 6.42. The number of likely N-dealkylation sites (N-methyl/N-ethyl adjacent to an activating group) is 1. The van der Waals surface area contributed by atoms with E-state index >= 15 is 0 Å². The van der Waals surface area contributed by atoms with E-state index in [1.165, 1.54) is 6.42 Å². The topological polar surface area (TPSA) is 12.5 Å². The molecule has 0 saturated carbocycles. The van der Waals surface area contributed by atoms with Crippen LogP contribution in [0.25, 0.3) is 0 Å². The maximum Gasteiger partial charge on any atom is 0.0702 e. The van der Waals surface area contributed by atoms with E-state index in [2.05, 4.69) is 25.9 Å². The third-order valence-corrected chi connectivity index (χ3v) is 2.00. The fraction of sp³-hybridized carbons (Fsp3) is 1.00. The summed E-state index contributed by atoms with van der Waals surface area (Å²) in [5, 5.41) is 0. The predicted molar refractivity (Wildman–Crippen MR) is 37.5 cm³/mol. The summed E-state index contributed by atoms with van der Waals surface area (Å²) in [5.41, 5.74) is 0. The van der Waals surface area contributed by atoms with Crippen molar-refractivity contribution in [1.29, 1.82) is 0 Å². The Morgan fingerprint density at radius 2 is 2.11 bits per heavy atom. The molecule has 9 heavy (non-hydrogen) atoms. The number of hydrogen-bond donors (Lipinski definition) is 0. The Bertz CT molecular complexity index is 92.9. The molecule has 0 unspecified atom stereocenters. The van der Waals surface area contributed by atoms with Crippen LogP contribution >= 0.6 is 0 Å². The van der Waals surface area contributed by atoms with Crippen molar-refractivity contribution in [3.05, 3.63) is 0 Å². The van der Waals surface area contributed by atoms with Crippen LogP contribution in [0.5, 0.6) is 0 Å². The van der Waals surface area contributed by atoms with Gasteiger partial charge >= 0.3 is 0 Å². The van der Waals surface area contributed by atoms with E-state index in [0.717, 1.165) is 6.61 Å². The number of rotatable bonds is 1. The van der Waals surface area contributed by atoms with Crippen LogP contribution in [0.1, 0.15) is 13.3 Å². The summed E-state index contributed by atoms with van der Waals surface area (Å²) in [7, 11) is 4.21. The molecule has 0 spiro atoms. The van der Waals surface area contributed by atoms with Crippen LogP contribution < -0.4 is 0 Å². The minimum Gasteiger partial charge on any atom is -0.377 e. The summed E-state index contributed by atoms with van der Waals surface area (Å²) in [6.07, 6.45) is 1.62. The van der Waals surface area contributed by atoms with Crippen LogP contribution in [0.3, 0.4) is 0 Å². The van der Waals surface area contributed by atoms with Crippen LogP contribution in [0.4, 0.5) is 0 Å². The van der Waals surface area contributed by atoms with E-state index in [9.17, 15) is 0 Å². The molecular formula is C7H15NO. The molecule has 0 aromatic carbocycles. The lowest BCUT2D eigenvalue weighted by Crippen LogP contribution is -2.33. The highest BCUT2D eigenvalue weighted by molar-refractivity contribution is 4.78. The molecule has 54 valence electrons. The van der Waals surface area contributed by atoms with Gasteiger partial charge in [-0.1, -0.05) is 0 Å². The molecule has 1 aliphatic rings. The smallest absolute Gasteiger partial charge is 0.0702 e. The Morgan fingerprint density at radius 1 is 1.44 bits per heavy atom. The van der Waals surface area contributed by atoms with Crippen LogP contribution in [0.15, 0.2) is 0 Å². The van der Waals surface area contributed by atoms with Crippen molar-refractivity contribution in [2.45, 2.75) is 25.5 Å². The molecule has 0 aromatic heterocycles. The average molecular weight is 129 g/mol. The molecule has 0 aliphatic carbocycles. The lowest BCUT2D eigenvalue weighted by molar-refractivity contribution is 0.0913. The van der Waals surface area contributed by atoms with Gasteiger partial charge in [-0.05, 0) is 27.4 Å². The number of ether oxygens (including phenoxy) is 1. The number of nitrogens with zero attached hydrogens (tertiary/aromatic N) is 1. The summed E-state index contributed by atoms with van der Waals surface area (Å²) in [6.45, 7) is 3.07. The van der Waals surface area contributed by atoms with Crippen LogP contribution in [0.2, 0.25) is 0 Å². The Balaban J connectivity index is 2.40. The Kier molecular flexibility index (Phi) is 2.09. The van der Waals surface area contributed by atoms with Crippen molar-refractivity contribution in [3.63, 3.8) is 0 Å². The normalized spacial score (nSPS) is 36.0. The molecule has 2 heteroatoms. The van der Waals surface area contributed by atoms with Gasteiger partial charge in [0.1, 0.15) is 0 Å². The van der Waals surface area contributed by atoms with Crippen LogP contribution in [-0.2, 0) is 4.74 Å². The summed E-state index contributed by atoms with van der Waals surface area (Å²) in [6, 6.07) is 0.644. The summed E-state index contributed by atoms with van der Waals surface area (Å²) in [5.74, 6) is 0. The fourth-order valence-corrected chi connectivity index (χ4v) is 1.40. The van der Waals surface area contributed by atoms with Gasteiger partial charge in [-0.3, -0.25) is 0 Å². The maximum atomic E-state index is 5.39. The molecule has 1 heterocycles. The lowest BCUT2D eigenvalue weighted by Gasteiger charge is -2.21. The van der Waals surface area contributed by atoms with E-state index in [4.69, 9.17) is 4.74 Å². The van der Waals surface area contributed by atoms with E-state index in [-0.39, 0.29) is 0 Å². The first kappa shape index (κ1) is 7.03. The monoisotopic (exact) mass is 129 g/mol. The Labute approximate surface area is 56.8 Å². The summed E-state index contributed by atoms with van der Waals surface area (Å²) in [4.78, 5) is 2.23. The highest BCUT2D eigenvalue weighted by atomic mass is 16.5. The first-order chi connectivity index (χ1) is 4.22. The van der Waals surface area contributed by atoms with E-state index in [1.54, 1.807) is 0 Å². The highest BCUT2D eigenvalue weighted by Crippen LogP contribution is 2.16. The average Bonchev–Trinajstić information content (AvgIpc) is 2.13. The lowest BCUT2D eigenvalue weighted by atomic mass is 10.1. The van der Waals surface area contributed by atoms with Gasteiger partial charge in [0.05, 0.1) is 6.10 Å². The SMILES string of the molecule is C[C@@H]1OCC[C@@H]1N(C)C. The molecule has 0 radical (unpaired) electrons. The van der Waals surface area contributed by atoms with E-state index in [1.807, 2.05) is 0 Å². The van der Waals surface area contributed by atoms with Crippen molar-refractivity contribution in [1.82, 2.24) is 4.90 Å². The molecule has 1 fully saturated rings. The minimum atomic E-state index is 0.431. The van der Waals surface area contributed by atoms with Crippen LogP contribution in [-0.4, -0.2) is 37.7 Å². The zero-order chi connectivity index (χ0) is 6.85. The standard InChI is InChI=1S/C7H15NO/c1-6-7(8(2)3)4-5-9-6/h6-7H,4-5H2,1-3H3/t6-,7-/m0/s1. The molecule has 0 bridgehead atoms. The van der Waals surface area contributed by atoms with Gasteiger partial charge < -0.3 is 9.64 Å². The van der Waals surface area contributed by atoms with Crippen molar-refractivity contribution in [3.8, 4) is 0 Å². The van der Waals surface area contributed by atoms with Gasteiger partial charge in [0.2, 0.25) is 0 Å². The van der Waals surface area contributed by atoms with E-state index in [0.29, 0.717) is 12.1 Å². The first-order valence-electron chi connectivity index (χ1n) is 3.50. The second-order valence-electron chi connectivity index (χ2n) is 2.90. The molecule has 2 nitrogen and oxygen atoms in total. The van der Waals surface area contributed by atoms with Gasteiger partial charge in [0.25, 0.3) is 0 Å². The van der Waals surface area contributed by atoms with E-state index < -0.39 is 0 Å². The highest BCUT2D eigenvalue weighted by Gasteiger charge is 2.25.